The average Bonchev–Trinajstić information content (AvgIpc) is 2.32. The van der Waals surface area contributed by atoms with E-state index >= 15 is 0 Å². The number of carbonyl (C=O) groups excluding carboxylic acids is 1. The van der Waals surface area contributed by atoms with Crippen LogP contribution in [0.5, 0.6) is 0 Å². The third-order valence-electron chi connectivity index (χ3n) is 2.67. The Morgan fingerprint density at radius 3 is 2.47 bits per heavy atom. The van der Waals surface area contributed by atoms with Crippen molar-refractivity contribution in [2.24, 2.45) is 0 Å². The lowest BCUT2D eigenvalue weighted by Crippen LogP contribution is -2.38. The van der Waals surface area contributed by atoms with Crippen LogP contribution < -0.4 is 0 Å². The summed E-state index contributed by atoms with van der Waals surface area (Å²) >= 11 is 0. The third kappa shape index (κ3) is 3.49. The van der Waals surface area contributed by atoms with Gasteiger partial charge in [0, 0.05) is 19.0 Å². The van der Waals surface area contributed by atoms with Crippen molar-refractivity contribution in [1.29, 1.82) is 0 Å². The highest BCUT2D eigenvalue weighted by atomic mass is 19.1. The second-order valence-electron chi connectivity index (χ2n) is 4.12. The molecule has 0 aliphatic carbocycles. The number of aliphatic carboxylic acids is 1. The van der Waals surface area contributed by atoms with Gasteiger partial charge in [-0.1, -0.05) is 6.92 Å². The molecule has 0 radical (unpaired) electrons. The van der Waals surface area contributed by atoms with E-state index in [0.29, 0.717) is 6.42 Å². The van der Waals surface area contributed by atoms with Gasteiger partial charge < -0.3 is 10.0 Å². The van der Waals surface area contributed by atoms with E-state index in [4.69, 9.17) is 0 Å². The molecule has 6 heteroatoms. The largest absolute Gasteiger partial charge is 0.479 e. The van der Waals surface area contributed by atoms with E-state index < -0.39 is 29.6 Å². The van der Waals surface area contributed by atoms with E-state index in [-0.39, 0.29) is 12.1 Å². The van der Waals surface area contributed by atoms with Crippen LogP contribution in [0.3, 0.4) is 0 Å². The highest BCUT2D eigenvalue weighted by Crippen LogP contribution is 2.25. The molecule has 104 valence electrons. The van der Waals surface area contributed by atoms with E-state index in [1.807, 2.05) is 0 Å². The lowest BCUT2D eigenvalue weighted by atomic mass is 10.0. The van der Waals surface area contributed by atoms with Gasteiger partial charge in [-0.3, -0.25) is 4.79 Å². The molecule has 0 bridgehead atoms. The Balaban J connectivity index is 3.29. The van der Waals surface area contributed by atoms with Crippen LogP contribution in [-0.4, -0.2) is 28.4 Å². The number of halogens is 2. The molecule has 0 aliphatic heterocycles. The zero-order chi connectivity index (χ0) is 14.6. The molecule has 0 saturated heterocycles. The highest BCUT2D eigenvalue weighted by molar-refractivity contribution is 5.83. The van der Waals surface area contributed by atoms with Crippen LogP contribution in [0.4, 0.5) is 8.78 Å². The topological polar surface area (TPSA) is 57.6 Å². The predicted octanol–water partition coefficient (Wildman–Crippen LogP) is 2.35. The maximum Gasteiger partial charge on any atom is 0.331 e. The fourth-order valence-electron chi connectivity index (χ4n) is 1.87. The van der Waals surface area contributed by atoms with Crippen molar-refractivity contribution >= 4 is 11.9 Å². The number of benzene rings is 1. The minimum atomic E-state index is -1.52. The number of hydrogen-bond acceptors (Lipinski definition) is 2. The summed E-state index contributed by atoms with van der Waals surface area (Å²) in [6.45, 7) is 3.11. The third-order valence-corrected chi connectivity index (χ3v) is 2.67. The number of carboxylic acids is 1. The molecule has 19 heavy (non-hydrogen) atoms. The summed E-state index contributed by atoms with van der Waals surface area (Å²) in [6.07, 6.45) is 0.514. The lowest BCUT2D eigenvalue weighted by Gasteiger charge is -2.28. The number of amides is 1. The standard InChI is InChI=1S/C13H15F2NO3/c1-3-6-16(8(2)17)12(13(18)19)10-7-9(14)4-5-11(10)15/h4-5,7,12H,3,6H2,1-2H3,(H,18,19). The maximum absolute atomic E-state index is 13.7. The van der Waals surface area contributed by atoms with Crippen molar-refractivity contribution in [3.63, 3.8) is 0 Å². The molecule has 0 heterocycles. The molecule has 1 amide bonds. The summed E-state index contributed by atoms with van der Waals surface area (Å²) < 4.78 is 26.8. The number of carboxylic acid groups (broad SMARTS) is 1. The average molecular weight is 271 g/mol. The summed E-state index contributed by atoms with van der Waals surface area (Å²) in [4.78, 5) is 23.8. The first kappa shape index (κ1) is 15.1. The van der Waals surface area contributed by atoms with Crippen LogP contribution in [0.2, 0.25) is 0 Å². The van der Waals surface area contributed by atoms with Gasteiger partial charge in [0.2, 0.25) is 5.91 Å². The molecule has 0 spiro atoms. The first-order valence-corrected chi connectivity index (χ1v) is 5.83. The zero-order valence-electron chi connectivity index (χ0n) is 10.7. The maximum atomic E-state index is 13.7. The van der Waals surface area contributed by atoms with Crippen molar-refractivity contribution < 1.29 is 23.5 Å². The van der Waals surface area contributed by atoms with Crippen LogP contribution in [0.1, 0.15) is 31.9 Å². The Hall–Kier alpha value is -1.98. The van der Waals surface area contributed by atoms with E-state index in [1.54, 1.807) is 6.92 Å². The van der Waals surface area contributed by atoms with Gasteiger partial charge in [-0.25, -0.2) is 13.6 Å². The fourth-order valence-corrected chi connectivity index (χ4v) is 1.87. The SMILES string of the molecule is CCCN(C(C)=O)C(C(=O)O)c1cc(F)ccc1F. The lowest BCUT2D eigenvalue weighted by molar-refractivity contribution is -0.150. The second kappa shape index (κ2) is 6.26. The second-order valence-corrected chi connectivity index (χ2v) is 4.12. The van der Waals surface area contributed by atoms with Crippen LogP contribution in [0, 0.1) is 11.6 Å². The van der Waals surface area contributed by atoms with Crippen molar-refractivity contribution in [2.45, 2.75) is 26.3 Å². The minimum Gasteiger partial charge on any atom is -0.479 e. The van der Waals surface area contributed by atoms with E-state index in [2.05, 4.69) is 0 Å². The van der Waals surface area contributed by atoms with Crippen molar-refractivity contribution in [2.75, 3.05) is 6.54 Å². The summed E-state index contributed by atoms with van der Waals surface area (Å²) in [5.41, 5.74) is -0.351. The summed E-state index contributed by atoms with van der Waals surface area (Å²) in [5, 5.41) is 9.20. The molecular formula is C13H15F2NO3. The van der Waals surface area contributed by atoms with Crippen LogP contribution in [0.25, 0.3) is 0 Å². The van der Waals surface area contributed by atoms with Crippen LogP contribution in [-0.2, 0) is 9.59 Å². The van der Waals surface area contributed by atoms with Crippen LogP contribution >= 0.6 is 0 Å². The Bertz CT molecular complexity index is 491. The Labute approximate surface area is 109 Å². The van der Waals surface area contributed by atoms with Gasteiger partial charge in [0.1, 0.15) is 11.6 Å². The van der Waals surface area contributed by atoms with Gasteiger partial charge >= 0.3 is 5.97 Å². The van der Waals surface area contributed by atoms with Gasteiger partial charge in [0.25, 0.3) is 0 Å². The summed E-state index contributed by atoms with van der Waals surface area (Å²) in [5.74, 6) is -3.50. The molecule has 0 saturated carbocycles. The first-order chi connectivity index (χ1) is 8.88. The van der Waals surface area contributed by atoms with Gasteiger partial charge in [-0.2, -0.15) is 0 Å². The molecule has 1 N–H and O–H groups in total. The van der Waals surface area contributed by atoms with Gasteiger partial charge in [-0.05, 0) is 24.6 Å². The Kier molecular flexibility index (Phi) is 4.97. The summed E-state index contributed by atoms with van der Waals surface area (Å²) in [7, 11) is 0. The number of carbonyl (C=O) groups is 2. The Morgan fingerprint density at radius 2 is 2.00 bits per heavy atom. The van der Waals surface area contributed by atoms with Crippen molar-refractivity contribution in [1.82, 2.24) is 4.90 Å². The van der Waals surface area contributed by atoms with E-state index in [1.165, 1.54) is 6.92 Å². The predicted molar refractivity (Wildman–Crippen MR) is 64.4 cm³/mol. The van der Waals surface area contributed by atoms with E-state index in [0.717, 1.165) is 23.1 Å². The van der Waals surface area contributed by atoms with Crippen LogP contribution in [0.15, 0.2) is 18.2 Å². The van der Waals surface area contributed by atoms with Gasteiger partial charge in [0.15, 0.2) is 6.04 Å². The Morgan fingerprint density at radius 1 is 1.37 bits per heavy atom. The molecule has 0 aliphatic rings. The molecule has 1 atom stereocenters. The van der Waals surface area contributed by atoms with Gasteiger partial charge in [-0.15, -0.1) is 0 Å². The summed E-state index contributed by atoms with van der Waals surface area (Å²) in [6, 6.07) is 1.04. The minimum absolute atomic E-state index is 0.155. The van der Waals surface area contributed by atoms with E-state index in [9.17, 15) is 23.5 Å². The fraction of sp³-hybridized carbons (Fsp3) is 0.385. The zero-order valence-corrected chi connectivity index (χ0v) is 10.7. The first-order valence-electron chi connectivity index (χ1n) is 5.83. The molecule has 1 rings (SSSR count). The van der Waals surface area contributed by atoms with Gasteiger partial charge in [0.05, 0.1) is 0 Å². The highest BCUT2D eigenvalue weighted by Gasteiger charge is 2.31. The number of nitrogens with zero attached hydrogens (tertiary/aromatic N) is 1. The monoisotopic (exact) mass is 271 g/mol. The van der Waals surface area contributed by atoms with Crippen molar-refractivity contribution in [3.8, 4) is 0 Å². The smallest absolute Gasteiger partial charge is 0.331 e. The number of rotatable bonds is 5. The molecule has 0 fully saturated rings. The number of hydrogen-bond donors (Lipinski definition) is 1. The molecule has 4 nitrogen and oxygen atoms in total. The van der Waals surface area contributed by atoms with Crippen molar-refractivity contribution in [3.05, 3.63) is 35.4 Å². The molecule has 1 aromatic rings. The molecule has 1 unspecified atom stereocenters. The molecule has 1 aromatic carbocycles. The quantitative estimate of drug-likeness (QED) is 0.894. The normalized spacial score (nSPS) is 12.0. The molecule has 0 aromatic heterocycles. The molecular weight excluding hydrogens is 256 g/mol.